The molecule has 22 heavy (non-hydrogen) atoms. The molecule has 1 amide bonds. The number of carbonyl (C=O) groups excluding carboxylic acids is 1. The van der Waals surface area contributed by atoms with E-state index in [1.54, 1.807) is 12.3 Å². The molecule has 0 bridgehead atoms. The van der Waals surface area contributed by atoms with Crippen molar-refractivity contribution < 1.29 is 9.53 Å². The van der Waals surface area contributed by atoms with Crippen LogP contribution in [0.2, 0.25) is 0 Å². The van der Waals surface area contributed by atoms with Gasteiger partial charge in [-0.15, -0.1) is 0 Å². The van der Waals surface area contributed by atoms with Gasteiger partial charge in [-0.05, 0) is 25.7 Å². The Morgan fingerprint density at radius 1 is 1.36 bits per heavy atom. The maximum atomic E-state index is 12.5. The third-order valence-electron chi connectivity index (χ3n) is 5.10. The molecule has 3 fully saturated rings. The summed E-state index contributed by atoms with van der Waals surface area (Å²) in [6, 6.07) is 2.00. The maximum Gasteiger partial charge on any atom is 0.264 e. The number of aryl methyl sites for hydroxylation is 1. The van der Waals surface area contributed by atoms with Gasteiger partial charge in [-0.2, -0.15) is 4.98 Å². The molecule has 3 atom stereocenters. The molecule has 1 aromatic heterocycles. The van der Waals surface area contributed by atoms with Crippen molar-refractivity contribution in [2.45, 2.75) is 31.9 Å². The zero-order chi connectivity index (χ0) is 15.3. The number of likely N-dealkylation sites (tertiary alicyclic amines) is 2. The average Bonchev–Trinajstić information content (AvgIpc) is 3.16. The normalized spacial score (nSPS) is 31.6. The third-order valence-corrected chi connectivity index (χ3v) is 5.10. The molecule has 6 nitrogen and oxygen atoms in total. The minimum atomic E-state index is -0.409. The first-order valence-electron chi connectivity index (χ1n) is 8.07. The van der Waals surface area contributed by atoms with E-state index >= 15 is 0 Å². The standard InChI is InChI=1S/C16H22N4O2/c1-10-17-6-5-14(18-10)22-15-12-8-20(7-11-3-4-11)9-13(12)19(2)16(15)21/h5-6,11-13,15H,3-4,7-9H2,1-2H3/t12-,13+,15-/m0/s1. The molecule has 2 aliphatic heterocycles. The Morgan fingerprint density at radius 2 is 2.18 bits per heavy atom. The van der Waals surface area contributed by atoms with Crippen molar-refractivity contribution in [3.8, 4) is 5.88 Å². The summed E-state index contributed by atoms with van der Waals surface area (Å²) < 4.78 is 5.95. The molecule has 6 heteroatoms. The number of rotatable bonds is 4. The predicted octanol–water partition coefficient (Wildman–Crippen LogP) is 0.715. The molecule has 0 spiro atoms. The van der Waals surface area contributed by atoms with Gasteiger partial charge in [0, 0.05) is 44.9 Å². The van der Waals surface area contributed by atoms with E-state index in [-0.39, 0.29) is 17.9 Å². The number of aromatic nitrogens is 2. The summed E-state index contributed by atoms with van der Waals surface area (Å²) in [4.78, 5) is 25.2. The van der Waals surface area contributed by atoms with Gasteiger partial charge in [0.15, 0.2) is 6.10 Å². The van der Waals surface area contributed by atoms with Crippen molar-refractivity contribution in [3.05, 3.63) is 18.1 Å². The summed E-state index contributed by atoms with van der Waals surface area (Å²) in [5.41, 5.74) is 0. The predicted molar refractivity (Wildman–Crippen MR) is 80.4 cm³/mol. The largest absolute Gasteiger partial charge is 0.464 e. The summed E-state index contributed by atoms with van der Waals surface area (Å²) in [7, 11) is 1.90. The number of amides is 1. The molecule has 3 aliphatic rings. The first-order valence-corrected chi connectivity index (χ1v) is 8.07. The molecule has 1 saturated carbocycles. The first kappa shape index (κ1) is 13.9. The van der Waals surface area contributed by atoms with E-state index in [9.17, 15) is 4.79 Å². The van der Waals surface area contributed by atoms with Crippen molar-refractivity contribution in [2.24, 2.45) is 11.8 Å². The van der Waals surface area contributed by atoms with Gasteiger partial charge < -0.3 is 14.5 Å². The van der Waals surface area contributed by atoms with Crippen LogP contribution in [0, 0.1) is 18.8 Å². The van der Waals surface area contributed by atoms with Gasteiger partial charge in [0.25, 0.3) is 5.91 Å². The number of fused-ring (bicyclic) bond motifs is 1. The summed E-state index contributed by atoms with van der Waals surface area (Å²) in [6.07, 6.45) is 3.99. The summed E-state index contributed by atoms with van der Waals surface area (Å²) in [5, 5.41) is 0. The Balaban J connectivity index is 1.49. The van der Waals surface area contributed by atoms with Crippen LogP contribution < -0.4 is 4.74 Å². The number of carbonyl (C=O) groups is 1. The number of likely N-dealkylation sites (N-methyl/N-ethyl adjacent to an activating group) is 1. The number of hydrogen-bond donors (Lipinski definition) is 0. The van der Waals surface area contributed by atoms with Crippen LogP contribution in [0.25, 0.3) is 0 Å². The minimum absolute atomic E-state index is 0.0809. The number of nitrogens with zero attached hydrogens (tertiary/aromatic N) is 4. The molecular formula is C16H22N4O2. The van der Waals surface area contributed by atoms with Gasteiger partial charge in [0.2, 0.25) is 5.88 Å². The van der Waals surface area contributed by atoms with Gasteiger partial charge in [0.05, 0.1) is 6.04 Å². The van der Waals surface area contributed by atoms with Crippen LogP contribution in [0.5, 0.6) is 5.88 Å². The summed E-state index contributed by atoms with van der Waals surface area (Å²) >= 11 is 0. The van der Waals surface area contributed by atoms with E-state index < -0.39 is 6.10 Å². The molecule has 2 saturated heterocycles. The quantitative estimate of drug-likeness (QED) is 0.820. The van der Waals surface area contributed by atoms with E-state index in [0.717, 1.165) is 19.0 Å². The zero-order valence-electron chi connectivity index (χ0n) is 13.1. The lowest BCUT2D eigenvalue weighted by Crippen LogP contribution is -2.38. The Morgan fingerprint density at radius 3 is 2.91 bits per heavy atom. The highest BCUT2D eigenvalue weighted by atomic mass is 16.5. The van der Waals surface area contributed by atoms with Crippen LogP contribution >= 0.6 is 0 Å². The molecule has 1 aliphatic carbocycles. The third kappa shape index (κ3) is 2.45. The highest BCUT2D eigenvalue weighted by molar-refractivity contribution is 5.84. The monoisotopic (exact) mass is 302 g/mol. The minimum Gasteiger partial charge on any atom is -0.464 e. The van der Waals surface area contributed by atoms with Crippen LogP contribution in [-0.2, 0) is 4.79 Å². The van der Waals surface area contributed by atoms with E-state index in [1.165, 1.54) is 19.4 Å². The fourth-order valence-electron chi connectivity index (χ4n) is 3.73. The van der Waals surface area contributed by atoms with E-state index in [2.05, 4.69) is 14.9 Å². The molecule has 1 aromatic rings. The molecule has 3 heterocycles. The van der Waals surface area contributed by atoms with Crippen LogP contribution in [0.1, 0.15) is 18.7 Å². The maximum absolute atomic E-state index is 12.5. The lowest BCUT2D eigenvalue weighted by molar-refractivity contribution is -0.134. The van der Waals surface area contributed by atoms with E-state index in [1.807, 2.05) is 18.9 Å². The van der Waals surface area contributed by atoms with Crippen LogP contribution in [0.4, 0.5) is 0 Å². The molecule has 0 radical (unpaired) electrons. The fourth-order valence-corrected chi connectivity index (χ4v) is 3.73. The fraction of sp³-hybridized carbons (Fsp3) is 0.688. The van der Waals surface area contributed by atoms with E-state index in [0.29, 0.717) is 11.7 Å². The van der Waals surface area contributed by atoms with Crippen molar-refractivity contribution in [3.63, 3.8) is 0 Å². The smallest absolute Gasteiger partial charge is 0.264 e. The molecule has 0 aromatic carbocycles. The van der Waals surface area contributed by atoms with Crippen molar-refractivity contribution >= 4 is 5.91 Å². The van der Waals surface area contributed by atoms with Gasteiger partial charge in [-0.3, -0.25) is 4.79 Å². The van der Waals surface area contributed by atoms with Crippen molar-refractivity contribution in [1.29, 1.82) is 0 Å². The Kier molecular flexibility index (Phi) is 3.29. The van der Waals surface area contributed by atoms with Gasteiger partial charge in [0.1, 0.15) is 5.82 Å². The number of hydrogen-bond acceptors (Lipinski definition) is 5. The average molecular weight is 302 g/mol. The second-order valence-corrected chi connectivity index (χ2v) is 6.82. The van der Waals surface area contributed by atoms with Crippen molar-refractivity contribution in [2.75, 3.05) is 26.7 Å². The van der Waals surface area contributed by atoms with Gasteiger partial charge >= 0.3 is 0 Å². The Hall–Kier alpha value is -1.69. The first-order chi connectivity index (χ1) is 10.6. The topological polar surface area (TPSA) is 58.6 Å². The zero-order valence-corrected chi connectivity index (χ0v) is 13.1. The Labute approximate surface area is 130 Å². The molecule has 0 unspecified atom stereocenters. The lowest BCUT2D eigenvalue weighted by atomic mass is 10.0. The van der Waals surface area contributed by atoms with E-state index in [4.69, 9.17) is 4.74 Å². The second kappa shape index (κ2) is 5.19. The Bertz CT molecular complexity index is 589. The highest BCUT2D eigenvalue weighted by Crippen LogP contribution is 2.37. The van der Waals surface area contributed by atoms with Crippen molar-refractivity contribution in [1.82, 2.24) is 19.8 Å². The van der Waals surface area contributed by atoms with Crippen LogP contribution in [0.15, 0.2) is 12.3 Å². The molecule has 0 N–H and O–H groups in total. The molecule has 118 valence electrons. The molecular weight excluding hydrogens is 280 g/mol. The summed E-state index contributed by atoms with van der Waals surface area (Å²) in [6.45, 7) is 4.93. The summed E-state index contributed by atoms with van der Waals surface area (Å²) in [5.74, 6) is 2.36. The number of ether oxygens (including phenoxy) is 1. The SMILES string of the molecule is Cc1nccc(O[C@@H]2C(=O)N(C)[C@@H]3CN(CC4CC4)C[C@H]23)n1. The lowest BCUT2D eigenvalue weighted by Gasteiger charge is -2.21. The highest BCUT2D eigenvalue weighted by Gasteiger charge is 2.53. The van der Waals surface area contributed by atoms with Crippen LogP contribution in [0.3, 0.4) is 0 Å². The van der Waals surface area contributed by atoms with Gasteiger partial charge in [-0.25, -0.2) is 4.98 Å². The van der Waals surface area contributed by atoms with Gasteiger partial charge in [-0.1, -0.05) is 0 Å². The second-order valence-electron chi connectivity index (χ2n) is 6.82. The molecule has 4 rings (SSSR count). The van der Waals surface area contributed by atoms with Crippen LogP contribution in [-0.4, -0.2) is 64.5 Å².